The Balaban J connectivity index is 2.96. The van der Waals surface area contributed by atoms with Crippen LogP contribution in [0.4, 0.5) is 4.79 Å². The van der Waals surface area contributed by atoms with Gasteiger partial charge in [-0.2, -0.15) is 4.31 Å². The van der Waals surface area contributed by atoms with E-state index in [-0.39, 0.29) is 24.0 Å². The Labute approximate surface area is 153 Å². The summed E-state index contributed by atoms with van der Waals surface area (Å²) in [6.45, 7) is 7.20. The average Bonchev–Trinajstić information content (AvgIpc) is 2.57. The molecule has 10 heteroatoms. The maximum absolute atomic E-state index is 12.5. The number of carbonyl (C=O) groups excluding carboxylic acids is 2. The molecular weight excluding hydrogens is 360 g/mol. The molecular formula is C16H26N4O5S. The fraction of sp³-hybridized carbons (Fsp3) is 0.562. The number of rotatable bonds is 8. The lowest BCUT2D eigenvalue weighted by atomic mass is 10.3. The van der Waals surface area contributed by atoms with Crippen molar-refractivity contribution < 1.29 is 18.0 Å². The molecule has 0 aliphatic heterocycles. The van der Waals surface area contributed by atoms with E-state index in [0.29, 0.717) is 6.42 Å². The van der Waals surface area contributed by atoms with E-state index < -0.39 is 34.1 Å². The van der Waals surface area contributed by atoms with Gasteiger partial charge >= 0.3 is 6.03 Å². The molecule has 1 heterocycles. The highest BCUT2D eigenvalue weighted by Gasteiger charge is 2.22. The minimum Gasteiger partial charge on any atom is -0.335 e. The monoisotopic (exact) mass is 386 g/mol. The number of hydrogen-bond donors (Lipinski definition) is 2. The topological polar surface area (TPSA) is 118 Å². The van der Waals surface area contributed by atoms with Gasteiger partial charge < -0.3 is 9.88 Å². The summed E-state index contributed by atoms with van der Waals surface area (Å²) in [6, 6.07) is 1.53. The molecule has 0 spiro atoms. The molecule has 0 fully saturated rings. The molecule has 0 aliphatic rings. The SMILES string of the molecule is CC[C@H](C)NC(=O)NC(=O)Cn1cc(S(=O)(=O)N(CC)CC)ccc1=O. The number of amides is 3. The van der Waals surface area contributed by atoms with Crippen LogP contribution in [0.5, 0.6) is 0 Å². The summed E-state index contributed by atoms with van der Waals surface area (Å²) in [6.07, 6.45) is 1.81. The van der Waals surface area contributed by atoms with E-state index >= 15 is 0 Å². The first kappa shape index (κ1) is 21.8. The number of urea groups is 1. The second-order valence-electron chi connectivity index (χ2n) is 5.75. The Hall–Kier alpha value is -2.20. The highest BCUT2D eigenvalue weighted by atomic mass is 32.2. The van der Waals surface area contributed by atoms with Crippen LogP contribution in [0, 0.1) is 0 Å². The first-order chi connectivity index (χ1) is 12.1. The van der Waals surface area contributed by atoms with Gasteiger partial charge in [-0.05, 0) is 19.4 Å². The average molecular weight is 386 g/mol. The quantitative estimate of drug-likeness (QED) is 0.675. The predicted molar refractivity (Wildman–Crippen MR) is 97.2 cm³/mol. The van der Waals surface area contributed by atoms with Crippen LogP contribution in [0.3, 0.4) is 0 Å². The van der Waals surface area contributed by atoms with Crippen molar-refractivity contribution in [1.29, 1.82) is 0 Å². The second-order valence-corrected chi connectivity index (χ2v) is 7.69. The zero-order valence-electron chi connectivity index (χ0n) is 15.5. The molecule has 0 bridgehead atoms. The van der Waals surface area contributed by atoms with Crippen LogP contribution in [-0.2, 0) is 21.4 Å². The lowest BCUT2D eigenvalue weighted by molar-refractivity contribution is -0.120. The fourth-order valence-electron chi connectivity index (χ4n) is 2.18. The van der Waals surface area contributed by atoms with Crippen LogP contribution in [0.1, 0.15) is 34.1 Å². The van der Waals surface area contributed by atoms with Gasteiger partial charge in [0.15, 0.2) is 0 Å². The van der Waals surface area contributed by atoms with Crippen molar-refractivity contribution >= 4 is 22.0 Å². The smallest absolute Gasteiger partial charge is 0.321 e. The van der Waals surface area contributed by atoms with Gasteiger partial charge in [-0.25, -0.2) is 13.2 Å². The van der Waals surface area contributed by atoms with E-state index in [0.717, 1.165) is 16.8 Å². The number of hydrogen-bond acceptors (Lipinski definition) is 5. The molecule has 2 N–H and O–H groups in total. The lowest BCUT2D eigenvalue weighted by Crippen LogP contribution is -2.45. The van der Waals surface area contributed by atoms with Gasteiger partial charge in [0.2, 0.25) is 15.9 Å². The predicted octanol–water partition coefficient (Wildman–Crippen LogP) is 0.503. The summed E-state index contributed by atoms with van der Waals surface area (Å²) in [5.74, 6) is -0.717. The molecule has 1 atom stereocenters. The van der Waals surface area contributed by atoms with E-state index in [1.54, 1.807) is 20.8 Å². The number of sulfonamides is 1. The van der Waals surface area contributed by atoms with E-state index in [1.807, 2.05) is 6.92 Å². The number of carbonyl (C=O) groups is 2. The van der Waals surface area contributed by atoms with Crippen molar-refractivity contribution in [3.05, 3.63) is 28.7 Å². The van der Waals surface area contributed by atoms with Crippen molar-refractivity contribution in [1.82, 2.24) is 19.5 Å². The molecule has 1 rings (SSSR count). The highest BCUT2D eigenvalue weighted by molar-refractivity contribution is 7.89. The number of imide groups is 1. The molecule has 1 aromatic rings. The van der Waals surface area contributed by atoms with E-state index in [2.05, 4.69) is 10.6 Å². The summed E-state index contributed by atoms with van der Waals surface area (Å²) in [4.78, 5) is 35.5. The first-order valence-corrected chi connectivity index (χ1v) is 9.90. The van der Waals surface area contributed by atoms with Gasteiger partial charge in [0.1, 0.15) is 6.54 Å². The van der Waals surface area contributed by atoms with E-state index in [9.17, 15) is 22.8 Å². The summed E-state index contributed by atoms with van der Waals surface area (Å²) >= 11 is 0. The number of nitrogens with zero attached hydrogens (tertiary/aromatic N) is 2. The Kier molecular flexibility index (Phi) is 7.97. The maximum atomic E-state index is 12.5. The van der Waals surface area contributed by atoms with E-state index in [4.69, 9.17) is 0 Å². The number of aromatic nitrogens is 1. The summed E-state index contributed by atoms with van der Waals surface area (Å²) in [5, 5.41) is 4.68. The Bertz CT molecular complexity index is 799. The molecule has 9 nitrogen and oxygen atoms in total. The largest absolute Gasteiger partial charge is 0.335 e. The minimum atomic E-state index is -3.76. The Morgan fingerprint density at radius 3 is 2.35 bits per heavy atom. The Morgan fingerprint density at radius 2 is 1.81 bits per heavy atom. The van der Waals surface area contributed by atoms with Crippen molar-refractivity contribution in [2.24, 2.45) is 0 Å². The van der Waals surface area contributed by atoms with Gasteiger partial charge in [0.25, 0.3) is 5.56 Å². The minimum absolute atomic E-state index is 0.0855. The van der Waals surface area contributed by atoms with Gasteiger partial charge in [0, 0.05) is 31.4 Å². The standard InChI is InChI=1S/C16H26N4O5S/c1-5-12(4)17-16(23)18-14(21)11-19-10-13(8-9-15(19)22)26(24,25)20(6-2)7-3/h8-10,12H,5-7,11H2,1-4H3,(H2,17,18,21,23)/t12-/m0/s1. The van der Waals surface area contributed by atoms with E-state index in [1.165, 1.54) is 10.4 Å². The third kappa shape index (κ3) is 5.67. The van der Waals surface area contributed by atoms with Crippen molar-refractivity contribution in [2.75, 3.05) is 13.1 Å². The van der Waals surface area contributed by atoms with Crippen molar-refractivity contribution in [3.63, 3.8) is 0 Å². The molecule has 0 aromatic carbocycles. The second kappa shape index (κ2) is 9.48. The van der Waals surface area contributed by atoms with Crippen LogP contribution in [0.25, 0.3) is 0 Å². The maximum Gasteiger partial charge on any atom is 0.321 e. The van der Waals surface area contributed by atoms with Gasteiger partial charge in [0.05, 0.1) is 4.90 Å². The normalized spacial score (nSPS) is 12.7. The molecule has 26 heavy (non-hydrogen) atoms. The molecule has 0 radical (unpaired) electrons. The zero-order valence-corrected chi connectivity index (χ0v) is 16.3. The highest BCUT2D eigenvalue weighted by Crippen LogP contribution is 2.13. The number of nitrogens with one attached hydrogen (secondary N) is 2. The molecule has 0 unspecified atom stereocenters. The molecule has 0 aliphatic carbocycles. The molecule has 0 saturated heterocycles. The summed E-state index contributed by atoms with van der Waals surface area (Å²) in [7, 11) is -3.76. The zero-order chi connectivity index (χ0) is 19.9. The molecule has 146 valence electrons. The third-order valence-corrected chi connectivity index (χ3v) is 5.89. The third-order valence-electron chi connectivity index (χ3n) is 3.86. The fourth-order valence-corrected chi connectivity index (χ4v) is 3.66. The van der Waals surface area contributed by atoms with Crippen molar-refractivity contribution in [3.8, 4) is 0 Å². The van der Waals surface area contributed by atoms with Crippen molar-refractivity contribution in [2.45, 2.75) is 51.6 Å². The van der Waals surface area contributed by atoms with Gasteiger partial charge in [-0.3, -0.25) is 14.9 Å². The lowest BCUT2D eigenvalue weighted by Gasteiger charge is -2.19. The molecule has 0 saturated carbocycles. The summed E-state index contributed by atoms with van der Waals surface area (Å²) in [5.41, 5.74) is -0.541. The van der Waals surface area contributed by atoms with Gasteiger partial charge in [-0.1, -0.05) is 20.8 Å². The first-order valence-electron chi connectivity index (χ1n) is 8.46. The van der Waals surface area contributed by atoms with Crippen LogP contribution in [0.2, 0.25) is 0 Å². The summed E-state index contributed by atoms with van der Waals surface area (Å²) < 4.78 is 27.3. The van der Waals surface area contributed by atoms with Crippen LogP contribution < -0.4 is 16.2 Å². The number of pyridine rings is 1. The molecule has 3 amide bonds. The van der Waals surface area contributed by atoms with Crippen LogP contribution in [-0.4, -0.2) is 48.4 Å². The molecule has 1 aromatic heterocycles. The van der Waals surface area contributed by atoms with Crippen LogP contribution in [0.15, 0.2) is 28.0 Å². The van der Waals surface area contributed by atoms with Gasteiger partial charge in [-0.15, -0.1) is 0 Å². The van der Waals surface area contributed by atoms with Crippen LogP contribution >= 0.6 is 0 Å². The Morgan fingerprint density at radius 1 is 1.19 bits per heavy atom.